The molecular formula is C22H23F2N3O. The molecule has 1 aliphatic heterocycles. The molecule has 2 heterocycles. The van der Waals surface area contributed by atoms with E-state index in [1.807, 2.05) is 36.5 Å². The van der Waals surface area contributed by atoms with Gasteiger partial charge in [0.2, 0.25) is 0 Å². The van der Waals surface area contributed by atoms with Crippen molar-refractivity contribution in [2.45, 2.75) is 25.6 Å². The Bertz CT molecular complexity index is 934. The van der Waals surface area contributed by atoms with Crippen LogP contribution in [0.1, 0.15) is 18.4 Å². The molecule has 3 aromatic rings. The van der Waals surface area contributed by atoms with Gasteiger partial charge < -0.3 is 4.74 Å². The second-order valence-corrected chi connectivity index (χ2v) is 7.08. The molecule has 0 unspecified atom stereocenters. The van der Waals surface area contributed by atoms with Gasteiger partial charge in [-0.05, 0) is 37.1 Å². The Morgan fingerprint density at radius 3 is 2.54 bits per heavy atom. The predicted molar refractivity (Wildman–Crippen MR) is 105 cm³/mol. The number of benzene rings is 2. The van der Waals surface area contributed by atoms with Gasteiger partial charge in [-0.3, -0.25) is 4.90 Å². The highest BCUT2D eigenvalue weighted by atomic mass is 19.1. The molecule has 0 bridgehead atoms. The third-order valence-corrected chi connectivity index (χ3v) is 5.15. The average Bonchev–Trinajstić information content (AvgIpc) is 3.13. The van der Waals surface area contributed by atoms with E-state index in [1.54, 1.807) is 16.8 Å². The van der Waals surface area contributed by atoms with Crippen LogP contribution in [0, 0.1) is 5.82 Å². The normalized spacial score (nSPS) is 15.7. The Balaban J connectivity index is 1.72. The Hall–Kier alpha value is -2.73. The van der Waals surface area contributed by atoms with Gasteiger partial charge in [0.1, 0.15) is 23.4 Å². The number of piperidine rings is 1. The number of hydrogen-bond donors (Lipinski definition) is 0. The van der Waals surface area contributed by atoms with E-state index >= 15 is 0 Å². The molecule has 28 heavy (non-hydrogen) atoms. The van der Waals surface area contributed by atoms with Gasteiger partial charge in [0.05, 0.1) is 12.8 Å². The number of halogens is 2. The van der Waals surface area contributed by atoms with E-state index < -0.39 is 6.17 Å². The lowest BCUT2D eigenvalue weighted by Gasteiger charge is -2.28. The highest BCUT2D eigenvalue weighted by Gasteiger charge is 2.22. The van der Waals surface area contributed by atoms with E-state index in [0.29, 0.717) is 49.5 Å². The first-order valence-corrected chi connectivity index (χ1v) is 9.48. The average molecular weight is 383 g/mol. The van der Waals surface area contributed by atoms with Crippen molar-refractivity contribution in [3.63, 3.8) is 0 Å². The first kappa shape index (κ1) is 18.6. The third kappa shape index (κ3) is 3.92. The second kappa shape index (κ2) is 8.10. The Morgan fingerprint density at radius 2 is 1.86 bits per heavy atom. The van der Waals surface area contributed by atoms with E-state index in [2.05, 4.69) is 10.00 Å². The summed E-state index contributed by atoms with van der Waals surface area (Å²) < 4.78 is 35.1. The molecule has 6 heteroatoms. The zero-order chi connectivity index (χ0) is 19.5. The molecule has 0 saturated carbocycles. The van der Waals surface area contributed by atoms with E-state index in [0.717, 1.165) is 11.3 Å². The fourth-order valence-electron chi connectivity index (χ4n) is 3.58. The molecule has 1 aromatic heterocycles. The lowest BCUT2D eigenvalue weighted by Crippen LogP contribution is -2.33. The summed E-state index contributed by atoms with van der Waals surface area (Å²) >= 11 is 0. The maximum Gasteiger partial charge on any atom is 0.136 e. The van der Waals surface area contributed by atoms with Crippen LogP contribution < -0.4 is 4.74 Å². The van der Waals surface area contributed by atoms with Crippen molar-refractivity contribution in [1.82, 2.24) is 14.7 Å². The van der Waals surface area contributed by atoms with Crippen LogP contribution in [-0.2, 0) is 6.54 Å². The van der Waals surface area contributed by atoms with Crippen molar-refractivity contribution < 1.29 is 13.5 Å². The highest BCUT2D eigenvalue weighted by molar-refractivity contribution is 5.65. The van der Waals surface area contributed by atoms with Gasteiger partial charge in [0, 0.05) is 43.0 Å². The number of nitrogens with zero attached hydrogens (tertiary/aromatic N) is 3. The summed E-state index contributed by atoms with van der Waals surface area (Å²) in [5.74, 6) is 0.0942. The summed E-state index contributed by atoms with van der Waals surface area (Å²) in [6.07, 6.45) is 2.30. The number of alkyl halides is 1. The smallest absolute Gasteiger partial charge is 0.136 e. The van der Waals surface area contributed by atoms with Crippen LogP contribution in [0.3, 0.4) is 0 Å². The number of rotatable bonds is 5. The fraction of sp³-hybridized carbons (Fsp3) is 0.318. The molecule has 4 nitrogen and oxygen atoms in total. The van der Waals surface area contributed by atoms with Gasteiger partial charge in [-0.25, -0.2) is 13.5 Å². The minimum atomic E-state index is -0.721. The molecule has 0 N–H and O–H groups in total. The van der Waals surface area contributed by atoms with Crippen molar-refractivity contribution in [1.29, 1.82) is 0 Å². The topological polar surface area (TPSA) is 30.3 Å². The van der Waals surface area contributed by atoms with Crippen molar-refractivity contribution in [2.24, 2.45) is 0 Å². The van der Waals surface area contributed by atoms with Gasteiger partial charge in [-0.1, -0.05) is 18.2 Å². The molecule has 1 saturated heterocycles. The van der Waals surface area contributed by atoms with E-state index in [1.165, 1.54) is 13.2 Å². The van der Waals surface area contributed by atoms with E-state index in [4.69, 9.17) is 4.74 Å². The van der Waals surface area contributed by atoms with Gasteiger partial charge in [0.15, 0.2) is 0 Å². The number of para-hydroxylation sites is 1. The Kier molecular flexibility index (Phi) is 5.39. The van der Waals surface area contributed by atoms with Crippen LogP contribution in [0.4, 0.5) is 8.78 Å². The van der Waals surface area contributed by atoms with Crippen LogP contribution in [-0.4, -0.2) is 41.1 Å². The third-order valence-electron chi connectivity index (χ3n) is 5.15. The predicted octanol–water partition coefficient (Wildman–Crippen LogP) is 4.62. The van der Waals surface area contributed by atoms with Crippen LogP contribution in [0.15, 0.2) is 54.7 Å². The van der Waals surface area contributed by atoms with Gasteiger partial charge in [-0.2, -0.15) is 5.10 Å². The lowest BCUT2D eigenvalue weighted by atomic mass is 10.0. The number of aromatic nitrogens is 2. The molecule has 0 spiro atoms. The summed E-state index contributed by atoms with van der Waals surface area (Å²) in [5.41, 5.74) is 2.87. The lowest BCUT2D eigenvalue weighted by molar-refractivity contribution is 0.145. The van der Waals surface area contributed by atoms with E-state index in [-0.39, 0.29) is 5.82 Å². The minimum Gasteiger partial charge on any atom is -0.497 e. The largest absolute Gasteiger partial charge is 0.497 e. The quantitative estimate of drug-likeness (QED) is 0.644. The molecular weight excluding hydrogens is 360 g/mol. The summed E-state index contributed by atoms with van der Waals surface area (Å²) in [7, 11) is 1.51. The minimum absolute atomic E-state index is 0.374. The van der Waals surface area contributed by atoms with Crippen LogP contribution in [0.25, 0.3) is 16.9 Å². The molecule has 4 rings (SSSR count). The van der Waals surface area contributed by atoms with Crippen molar-refractivity contribution in [3.05, 3.63) is 66.1 Å². The Labute approximate surface area is 163 Å². The number of likely N-dealkylation sites (tertiary alicyclic amines) is 1. The maximum atomic E-state index is 14.8. The molecule has 1 fully saturated rings. The maximum absolute atomic E-state index is 14.8. The Morgan fingerprint density at radius 1 is 1.11 bits per heavy atom. The first-order valence-electron chi connectivity index (χ1n) is 9.48. The monoisotopic (exact) mass is 383 g/mol. The molecule has 2 aromatic carbocycles. The molecule has 146 valence electrons. The molecule has 0 amide bonds. The van der Waals surface area contributed by atoms with E-state index in [9.17, 15) is 8.78 Å². The number of methoxy groups -OCH3 is 1. The molecule has 0 atom stereocenters. The molecule has 0 radical (unpaired) electrons. The van der Waals surface area contributed by atoms with Crippen molar-refractivity contribution in [3.8, 4) is 22.7 Å². The fourth-order valence-corrected chi connectivity index (χ4v) is 3.58. The zero-order valence-electron chi connectivity index (χ0n) is 15.8. The number of hydrogen-bond acceptors (Lipinski definition) is 3. The zero-order valence-corrected chi connectivity index (χ0v) is 15.8. The van der Waals surface area contributed by atoms with Crippen LogP contribution in [0.5, 0.6) is 5.75 Å². The first-order chi connectivity index (χ1) is 13.6. The summed E-state index contributed by atoms with van der Waals surface area (Å²) in [5, 5.41) is 4.68. The van der Waals surface area contributed by atoms with Crippen molar-refractivity contribution >= 4 is 0 Å². The SMILES string of the molecule is COc1ccc(-c2nn(-c3ccccc3)cc2CN2CCC(F)CC2)c(F)c1. The van der Waals surface area contributed by atoms with Crippen molar-refractivity contribution in [2.75, 3.05) is 20.2 Å². The second-order valence-electron chi connectivity index (χ2n) is 7.08. The summed E-state index contributed by atoms with van der Waals surface area (Å²) in [6, 6.07) is 14.5. The summed E-state index contributed by atoms with van der Waals surface area (Å²) in [4.78, 5) is 2.20. The van der Waals surface area contributed by atoms with Gasteiger partial charge in [-0.15, -0.1) is 0 Å². The number of ether oxygens (including phenoxy) is 1. The van der Waals surface area contributed by atoms with Gasteiger partial charge in [0.25, 0.3) is 0 Å². The standard InChI is InChI=1S/C22H23F2N3O/c1-28-19-7-8-20(21(24)13-19)22-16(14-26-11-9-17(23)10-12-26)15-27(25-22)18-5-3-2-4-6-18/h2-8,13,15,17H,9-12,14H2,1H3. The molecule has 1 aliphatic rings. The molecule has 0 aliphatic carbocycles. The van der Waals surface area contributed by atoms with Crippen LogP contribution >= 0.6 is 0 Å². The van der Waals surface area contributed by atoms with Crippen LogP contribution in [0.2, 0.25) is 0 Å². The summed E-state index contributed by atoms with van der Waals surface area (Å²) in [6.45, 7) is 2.00. The highest BCUT2D eigenvalue weighted by Crippen LogP contribution is 2.30. The van der Waals surface area contributed by atoms with Gasteiger partial charge >= 0.3 is 0 Å².